The predicted octanol–water partition coefficient (Wildman–Crippen LogP) is 4.26. The first kappa shape index (κ1) is 16.2. The zero-order valence-electron chi connectivity index (χ0n) is 12.2. The molecule has 1 aliphatic carbocycles. The number of anilines is 1. The van der Waals surface area contributed by atoms with Gasteiger partial charge in [0.05, 0.1) is 5.69 Å². The van der Waals surface area contributed by atoms with E-state index in [1.54, 1.807) is 19.9 Å². The van der Waals surface area contributed by atoms with Gasteiger partial charge in [-0.1, -0.05) is 0 Å². The molecule has 1 saturated carbocycles. The minimum Gasteiger partial charge on any atom is -0.478 e. The monoisotopic (exact) mass is 358 g/mol. The molecule has 1 aromatic heterocycles. The normalized spacial score (nSPS) is 22.9. The van der Waals surface area contributed by atoms with E-state index in [1.807, 2.05) is 0 Å². The van der Waals surface area contributed by atoms with Gasteiger partial charge in [0.2, 0.25) is 0 Å². The molecule has 0 aromatic carbocycles. The van der Waals surface area contributed by atoms with Crippen LogP contribution in [-0.2, 0) is 0 Å². The zero-order valence-corrected chi connectivity index (χ0v) is 13.8. The Kier molecular flexibility index (Phi) is 4.86. The summed E-state index contributed by atoms with van der Waals surface area (Å²) in [5.74, 6) is -0.922. The summed E-state index contributed by atoms with van der Waals surface area (Å²) in [6.45, 7) is 3.27. The van der Waals surface area contributed by atoms with Crippen molar-refractivity contribution in [2.24, 2.45) is 5.92 Å². The highest BCUT2D eigenvalue weighted by molar-refractivity contribution is 9.10. The summed E-state index contributed by atoms with van der Waals surface area (Å²) in [5.41, 5.74) is -0.421. The number of alkyl halides is 1. The number of nitrogens with zero attached hydrogens (tertiary/aromatic N) is 1. The number of rotatable bonds is 4. The summed E-state index contributed by atoms with van der Waals surface area (Å²) in [6, 6.07) is 1.85. The predicted molar refractivity (Wildman–Crippen MR) is 83.5 cm³/mol. The van der Waals surface area contributed by atoms with Gasteiger partial charge in [-0.2, -0.15) is 0 Å². The molecule has 1 fully saturated rings. The highest BCUT2D eigenvalue weighted by Gasteiger charge is 2.33. The third kappa shape index (κ3) is 4.15. The molecular weight excluding hydrogens is 339 g/mol. The van der Waals surface area contributed by atoms with Crippen LogP contribution in [0.2, 0.25) is 0 Å². The van der Waals surface area contributed by atoms with E-state index in [1.165, 1.54) is 6.20 Å². The summed E-state index contributed by atoms with van der Waals surface area (Å²) < 4.78 is 14.5. The topological polar surface area (TPSA) is 62.2 Å². The van der Waals surface area contributed by atoms with Crippen LogP contribution in [0.15, 0.2) is 16.9 Å². The molecule has 2 rings (SSSR count). The molecule has 0 atom stereocenters. The van der Waals surface area contributed by atoms with Crippen LogP contribution < -0.4 is 5.32 Å². The summed E-state index contributed by atoms with van der Waals surface area (Å²) in [6.07, 6.45) is 4.66. The van der Waals surface area contributed by atoms with E-state index in [9.17, 15) is 14.3 Å². The first-order chi connectivity index (χ1) is 9.77. The molecule has 0 amide bonds. The van der Waals surface area contributed by atoms with E-state index < -0.39 is 11.6 Å². The molecule has 6 heteroatoms. The molecule has 116 valence electrons. The number of pyridine rings is 1. The van der Waals surface area contributed by atoms with Gasteiger partial charge in [0.25, 0.3) is 0 Å². The van der Waals surface area contributed by atoms with Gasteiger partial charge in [-0.05, 0) is 67.4 Å². The van der Waals surface area contributed by atoms with E-state index in [4.69, 9.17) is 0 Å². The molecule has 1 heterocycles. The number of carboxylic acid groups (broad SMARTS) is 1. The second kappa shape index (κ2) is 6.30. The van der Waals surface area contributed by atoms with E-state index in [0.29, 0.717) is 10.3 Å². The fourth-order valence-corrected chi connectivity index (χ4v) is 3.20. The van der Waals surface area contributed by atoms with Crippen LogP contribution in [0.25, 0.3) is 0 Å². The van der Waals surface area contributed by atoms with E-state index in [2.05, 4.69) is 26.2 Å². The van der Waals surface area contributed by atoms with Crippen molar-refractivity contribution < 1.29 is 14.3 Å². The molecule has 0 spiro atoms. The Morgan fingerprint density at radius 1 is 1.43 bits per heavy atom. The van der Waals surface area contributed by atoms with Crippen LogP contribution in [0.4, 0.5) is 10.1 Å². The van der Waals surface area contributed by atoms with Crippen molar-refractivity contribution in [1.29, 1.82) is 0 Å². The maximum atomic E-state index is 13.9. The molecule has 0 radical (unpaired) electrons. The molecule has 0 unspecified atom stereocenters. The number of aromatic nitrogens is 1. The first-order valence-electron chi connectivity index (χ1n) is 7.11. The molecule has 4 nitrogen and oxygen atoms in total. The number of hydrogen-bond donors (Lipinski definition) is 2. The minimum absolute atomic E-state index is 0.0821. The lowest BCUT2D eigenvalue weighted by Crippen LogP contribution is -2.34. The summed E-state index contributed by atoms with van der Waals surface area (Å²) in [4.78, 5) is 15.2. The van der Waals surface area contributed by atoms with Crippen molar-refractivity contribution in [3.8, 4) is 0 Å². The Morgan fingerprint density at radius 2 is 2.05 bits per heavy atom. The molecule has 2 N–H and O–H groups in total. The largest absolute Gasteiger partial charge is 0.478 e. The standard InChI is InChI=1S/C15H20BrFN2O2/c1-15(2,17)9-3-5-10(6-4-9)19-12-7-13(16)18-8-11(12)14(20)21/h7-10H,3-6H2,1-2H3,(H,18,19)(H,20,21). The Labute approximate surface area is 132 Å². The van der Waals surface area contributed by atoms with Crippen LogP contribution in [-0.4, -0.2) is 27.8 Å². The van der Waals surface area contributed by atoms with Crippen molar-refractivity contribution in [2.45, 2.75) is 51.2 Å². The van der Waals surface area contributed by atoms with Crippen molar-refractivity contribution in [1.82, 2.24) is 4.98 Å². The number of hydrogen-bond acceptors (Lipinski definition) is 3. The van der Waals surface area contributed by atoms with Gasteiger partial charge in [0.1, 0.15) is 15.8 Å². The zero-order chi connectivity index (χ0) is 15.6. The molecule has 1 aromatic rings. The lowest BCUT2D eigenvalue weighted by atomic mass is 9.78. The van der Waals surface area contributed by atoms with Gasteiger partial charge < -0.3 is 10.4 Å². The smallest absolute Gasteiger partial charge is 0.339 e. The average Bonchev–Trinajstić information content (AvgIpc) is 2.38. The van der Waals surface area contributed by atoms with Crippen molar-refractivity contribution >= 4 is 27.6 Å². The summed E-state index contributed by atoms with van der Waals surface area (Å²) in [7, 11) is 0. The molecule has 0 saturated heterocycles. The Hall–Kier alpha value is -1.17. The second-order valence-corrected chi connectivity index (χ2v) is 6.93. The molecule has 0 aliphatic heterocycles. The van der Waals surface area contributed by atoms with Gasteiger partial charge in [-0.3, -0.25) is 0 Å². The van der Waals surface area contributed by atoms with Crippen LogP contribution in [0.5, 0.6) is 0 Å². The van der Waals surface area contributed by atoms with Crippen LogP contribution in [0.1, 0.15) is 49.9 Å². The van der Waals surface area contributed by atoms with E-state index in [-0.39, 0.29) is 17.5 Å². The van der Waals surface area contributed by atoms with Crippen LogP contribution in [0, 0.1) is 5.92 Å². The Morgan fingerprint density at radius 3 is 2.57 bits per heavy atom. The summed E-state index contributed by atoms with van der Waals surface area (Å²) in [5, 5.41) is 12.5. The molecule has 0 bridgehead atoms. The van der Waals surface area contributed by atoms with Crippen LogP contribution >= 0.6 is 15.9 Å². The van der Waals surface area contributed by atoms with Gasteiger partial charge in [-0.25, -0.2) is 14.2 Å². The van der Waals surface area contributed by atoms with Gasteiger partial charge >= 0.3 is 5.97 Å². The number of halogens is 2. The third-order valence-corrected chi connectivity index (χ3v) is 4.59. The van der Waals surface area contributed by atoms with E-state index >= 15 is 0 Å². The van der Waals surface area contributed by atoms with Crippen molar-refractivity contribution in [3.63, 3.8) is 0 Å². The fraction of sp³-hybridized carbons (Fsp3) is 0.600. The fourth-order valence-electron chi connectivity index (χ4n) is 2.86. The lowest BCUT2D eigenvalue weighted by molar-refractivity contribution is 0.0697. The van der Waals surface area contributed by atoms with Crippen LogP contribution in [0.3, 0.4) is 0 Å². The summed E-state index contributed by atoms with van der Waals surface area (Å²) >= 11 is 3.25. The second-order valence-electron chi connectivity index (χ2n) is 6.12. The molecule has 21 heavy (non-hydrogen) atoms. The quantitative estimate of drug-likeness (QED) is 0.789. The third-order valence-electron chi connectivity index (χ3n) is 4.16. The number of aromatic carboxylic acids is 1. The minimum atomic E-state index is -1.14. The van der Waals surface area contributed by atoms with Crippen molar-refractivity contribution in [3.05, 3.63) is 22.4 Å². The Bertz CT molecular complexity index is 523. The number of carbonyl (C=O) groups is 1. The number of nitrogens with one attached hydrogen (secondary N) is 1. The molecular formula is C15H20BrFN2O2. The highest BCUT2D eigenvalue weighted by atomic mass is 79.9. The number of carboxylic acids is 1. The van der Waals surface area contributed by atoms with E-state index in [0.717, 1.165) is 25.7 Å². The van der Waals surface area contributed by atoms with Crippen molar-refractivity contribution in [2.75, 3.05) is 5.32 Å². The van der Waals surface area contributed by atoms with Gasteiger partial charge in [0, 0.05) is 12.2 Å². The maximum Gasteiger partial charge on any atom is 0.339 e. The van der Waals surface area contributed by atoms with Gasteiger partial charge in [0.15, 0.2) is 0 Å². The maximum absolute atomic E-state index is 13.9. The highest BCUT2D eigenvalue weighted by Crippen LogP contribution is 2.36. The average molecular weight is 359 g/mol. The Balaban J connectivity index is 2.04. The lowest BCUT2D eigenvalue weighted by Gasteiger charge is -2.35. The van der Waals surface area contributed by atoms with Gasteiger partial charge in [-0.15, -0.1) is 0 Å². The first-order valence-corrected chi connectivity index (χ1v) is 7.91. The SMILES string of the molecule is CC(C)(F)C1CCC(Nc2cc(Br)ncc2C(=O)O)CC1. The molecule has 1 aliphatic rings.